The summed E-state index contributed by atoms with van der Waals surface area (Å²) in [6.45, 7) is 13.9. The summed E-state index contributed by atoms with van der Waals surface area (Å²) in [5.74, 6) is 1.02. The molecule has 0 N–H and O–H groups in total. The Labute approximate surface area is 281 Å². The number of aromatic nitrogens is 1. The van der Waals surface area contributed by atoms with E-state index >= 15 is 0 Å². The molecule has 0 fully saturated rings. The van der Waals surface area contributed by atoms with E-state index < -0.39 is 0 Å². The number of hydrogen-bond donors (Lipinski definition) is 0. The molecule has 1 aromatic heterocycles. The maximum atomic E-state index is 13.8. The Hall–Kier alpha value is -3.14. The van der Waals surface area contributed by atoms with Crippen molar-refractivity contribution in [3.8, 4) is 5.75 Å². The van der Waals surface area contributed by atoms with E-state index in [-0.39, 0.29) is 11.3 Å². The van der Waals surface area contributed by atoms with Crippen LogP contribution in [0.5, 0.6) is 5.75 Å². The van der Waals surface area contributed by atoms with E-state index in [0.29, 0.717) is 18.7 Å². The molecule has 0 radical (unpaired) electrons. The van der Waals surface area contributed by atoms with Crippen LogP contribution in [0.3, 0.4) is 0 Å². The number of rotatable bonds is 22. The summed E-state index contributed by atoms with van der Waals surface area (Å²) >= 11 is 0. The largest absolute Gasteiger partial charge is 0.493 e. The zero-order valence-corrected chi connectivity index (χ0v) is 29.9. The fraction of sp³-hybridized carbons (Fsp3) is 0.571. The van der Waals surface area contributed by atoms with Crippen LogP contribution in [0.2, 0.25) is 0 Å². The quantitative estimate of drug-likeness (QED) is 0.0820. The van der Waals surface area contributed by atoms with Gasteiger partial charge in [-0.1, -0.05) is 141 Å². The van der Waals surface area contributed by atoms with Crippen molar-refractivity contribution < 1.29 is 14.1 Å². The van der Waals surface area contributed by atoms with Gasteiger partial charge in [0.25, 0.3) is 5.91 Å². The maximum Gasteiger partial charge on any atom is 0.254 e. The molecule has 2 aromatic carbocycles. The molecule has 0 spiro atoms. The zero-order valence-electron chi connectivity index (χ0n) is 29.9. The van der Waals surface area contributed by atoms with E-state index in [1.807, 2.05) is 41.3 Å². The van der Waals surface area contributed by atoms with Crippen LogP contribution in [0, 0.1) is 0 Å². The van der Waals surface area contributed by atoms with Crippen molar-refractivity contribution in [2.75, 3.05) is 6.61 Å². The van der Waals surface area contributed by atoms with Gasteiger partial charge in [-0.05, 0) is 54.2 Å². The standard InChI is InChI=1S/C42H63N2O2/c1-6-8-9-10-11-12-13-14-15-16-17-18-19-25-32-46-40-30-29-36(33-39(40)42(3,4)5)34-44(41(45)37-26-21-20-22-27-37)35-38-28-23-24-31-43(38)7-2/h20-24,26-31,33H,6-19,25,32,34-35H2,1-5H3/q+1. The highest BCUT2D eigenvalue weighted by Gasteiger charge is 2.24. The van der Waals surface area contributed by atoms with Gasteiger partial charge in [-0.2, -0.15) is 0 Å². The molecule has 4 nitrogen and oxygen atoms in total. The minimum absolute atomic E-state index is 0.0440. The highest BCUT2D eigenvalue weighted by Crippen LogP contribution is 2.33. The van der Waals surface area contributed by atoms with Crippen molar-refractivity contribution in [2.45, 2.75) is 150 Å². The van der Waals surface area contributed by atoms with Gasteiger partial charge in [-0.15, -0.1) is 0 Å². The van der Waals surface area contributed by atoms with Crippen molar-refractivity contribution in [3.05, 3.63) is 95.3 Å². The van der Waals surface area contributed by atoms with Crippen LogP contribution in [-0.2, 0) is 25.0 Å². The second kappa shape index (κ2) is 20.9. The third-order valence-electron chi connectivity index (χ3n) is 9.02. The lowest BCUT2D eigenvalue weighted by atomic mass is 9.85. The minimum Gasteiger partial charge on any atom is -0.493 e. The Morgan fingerprint density at radius 3 is 1.87 bits per heavy atom. The van der Waals surface area contributed by atoms with Crippen molar-refractivity contribution in [1.29, 1.82) is 0 Å². The van der Waals surface area contributed by atoms with E-state index in [4.69, 9.17) is 4.74 Å². The number of carbonyl (C=O) groups excluding carboxylic acids is 1. The number of hydrogen-bond acceptors (Lipinski definition) is 2. The van der Waals surface area contributed by atoms with E-state index in [2.05, 4.69) is 75.7 Å². The number of amides is 1. The molecule has 252 valence electrons. The molecular formula is C42H63N2O2+. The van der Waals surface area contributed by atoms with E-state index in [1.165, 1.54) is 89.0 Å². The molecule has 0 aliphatic rings. The number of benzene rings is 2. The molecule has 3 rings (SSSR count). The molecule has 0 atom stereocenters. The summed E-state index contributed by atoms with van der Waals surface area (Å²) in [4.78, 5) is 15.7. The first-order chi connectivity index (χ1) is 22.3. The predicted molar refractivity (Wildman–Crippen MR) is 193 cm³/mol. The molecule has 4 heteroatoms. The third kappa shape index (κ3) is 13.3. The molecule has 46 heavy (non-hydrogen) atoms. The maximum absolute atomic E-state index is 13.8. The zero-order chi connectivity index (χ0) is 33.0. The van der Waals surface area contributed by atoms with Gasteiger partial charge in [0.05, 0.1) is 6.61 Å². The highest BCUT2D eigenvalue weighted by atomic mass is 16.5. The smallest absolute Gasteiger partial charge is 0.254 e. The monoisotopic (exact) mass is 627 g/mol. The summed E-state index contributed by atoms with van der Waals surface area (Å²) in [6.07, 6.45) is 21.1. The number of carbonyl (C=O) groups is 1. The van der Waals surface area contributed by atoms with Crippen LogP contribution in [0.25, 0.3) is 0 Å². The summed E-state index contributed by atoms with van der Waals surface area (Å²) in [5, 5.41) is 0. The summed E-state index contributed by atoms with van der Waals surface area (Å²) in [7, 11) is 0. The second-order valence-electron chi connectivity index (χ2n) is 14.0. The number of pyridine rings is 1. The molecule has 3 aromatic rings. The normalized spacial score (nSPS) is 11.5. The van der Waals surface area contributed by atoms with Gasteiger partial charge >= 0.3 is 0 Å². The Morgan fingerprint density at radius 2 is 1.28 bits per heavy atom. The average molecular weight is 628 g/mol. The van der Waals surface area contributed by atoms with E-state index in [0.717, 1.165) is 36.6 Å². The van der Waals surface area contributed by atoms with Crippen LogP contribution in [0.4, 0.5) is 0 Å². The van der Waals surface area contributed by atoms with Gasteiger partial charge in [0.1, 0.15) is 18.8 Å². The van der Waals surface area contributed by atoms with Gasteiger partial charge in [-0.25, -0.2) is 4.57 Å². The fourth-order valence-electron chi connectivity index (χ4n) is 6.21. The Morgan fingerprint density at radius 1 is 0.696 bits per heavy atom. The number of unbranched alkanes of at least 4 members (excludes halogenated alkanes) is 13. The van der Waals surface area contributed by atoms with Gasteiger partial charge in [-0.3, -0.25) is 4.79 Å². The fourth-order valence-corrected chi connectivity index (χ4v) is 6.21. The first-order valence-electron chi connectivity index (χ1n) is 18.4. The lowest BCUT2D eigenvalue weighted by molar-refractivity contribution is -0.701. The van der Waals surface area contributed by atoms with Crippen LogP contribution in [-0.4, -0.2) is 17.4 Å². The van der Waals surface area contributed by atoms with Crippen LogP contribution >= 0.6 is 0 Å². The lowest BCUT2D eigenvalue weighted by Crippen LogP contribution is -2.41. The highest BCUT2D eigenvalue weighted by molar-refractivity contribution is 5.94. The molecule has 1 amide bonds. The Bertz CT molecular complexity index is 1260. The molecule has 0 saturated carbocycles. The third-order valence-corrected chi connectivity index (χ3v) is 9.02. The van der Waals surface area contributed by atoms with Gasteiger partial charge in [0.15, 0.2) is 6.20 Å². The van der Waals surface area contributed by atoms with E-state index in [1.54, 1.807) is 0 Å². The number of ether oxygens (including phenoxy) is 1. The SMILES string of the molecule is CCCCCCCCCCCCCCCCOc1ccc(CN(Cc2cccc[n+]2CC)C(=O)c2ccccc2)cc1C(C)(C)C. The molecule has 0 unspecified atom stereocenters. The van der Waals surface area contributed by atoms with Crippen LogP contribution in [0.1, 0.15) is 152 Å². The van der Waals surface area contributed by atoms with Crippen molar-refractivity contribution in [2.24, 2.45) is 0 Å². The predicted octanol–water partition coefficient (Wildman–Crippen LogP) is 11.0. The minimum atomic E-state index is -0.0697. The van der Waals surface area contributed by atoms with Crippen molar-refractivity contribution in [3.63, 3.8) is 0 Å². The van der Waals surface area contributed by atoms with Crippen molar-refractivity contribution in [1.82, 2.24) is 4.90 Å². The molecule has 0 aliphatic heterocycles. The molecular weight excluding hydrogens is 564 g/mol. The number of aryl methyl sites for hydroxylation is 1. The summed E-state index contributed by atoms with van der Waals surface area (Å²) in [6, 6.07) is 22.4. The van der Waals surface area contributed by atoms with Gasteiger partial charge < -0.3 is 9.64 Å². The summed E-state index contributed by atoms with van der Waals surface area (Å²) < 4.78 is 8.60. The summed E-state index contributed by atoms with van der Waals surface area (Å²) in [5.41, 5.74) is 4.09. The van der Waals surface area contributed by atoms with E-state index in [9.17, 15) is 4.79 Å². The number of nitrogens with zero attached hydrogens (tertiary/aromatic N) is 2. The molecule has 0 bridgehead atoms. The van der Waals surface area contributed by atoms with Crippen LogP contribution in [0.15, 0.2) is 72.9 Å². The van der Waals surface area contributed by atoms with Crippen molar-refractivity contribution >= 4 is 5.91 Å². The topological polar surface area (TPSA) is 33.4 Å². The molecule has 0 saturated heterocycles. The van der Waals surface area contributed by atoms with Gasteiger partial charge in [0, 0.05) is 24.2 Å². The molecule has 0 aliphatic carbocycles. The second-order valence-corrected chi connectivity index (χ2v) is 14.0. The Kier molecular flexibility index (Phi) is 16.9. The first kappa shape index (κ1) is 37.3. The molecule has 1 heterocycles. The first-order valence-corrected chi connectivity index (χ1v) is 18.4. The average Bonchev–Trinajstić information content (AvgIpc) is 3.06. The lowest BCUT2D eigenvalue weighted by Gasteiger charge is -2.26. The van der Waals surface area contributed by atoms with Crippen LogP contribution < -0.4 is 9.30 Å². The van der Waals surface area contributed by atoms with Gasteiger partial charge in [0.2, 0.25) is 5.69 Å². The Balaban J connectivity index is 1.52.